The van der Waals surface area contributed by atoms with E-state index in [4.69, 9.17) is 10.6 Å². The van der Waals surface area contributed by atoms with Gasteiger partial charge in [0.2, 0.25) is 0 Å². The minimum atomic E-state index is 0.419. The molecular formula is C10H12N6OS. The quantitative estimate of drug-likeness (QED) is 0.365. The number of anilines is 1. The molecule has 0 unspecified atom stereocenters. The van der Waals surface area contributed by atoms with Crippen molar-refractivity contribution in [3.05, 3.63) is 24.3 Å². The lowest BCUT2D eigenvalue weighted by atomic mass is 10.5. The monoisotopic (exact) mass is 264 g/mol. The number of hydrogen-bond acceptors (Lipinski definition) is 8. The number of hydrazine groups is 1. The highest BCUT2D eigenvalue weighted by Crippen LogP contribution is 2.34. The Morgan fingerprint density at radius 2 is 2.17 bits per heavy atom. The number of rotatable bonds is 4. The summed E-state index contributed by atoms with van der Waals surface area (Å²) < 4.78 is 5.23. The van der Waals surface area contributed by atoms with Gasteiger partial charge in [0.15, 0.2) is 21.7 Å². The fourth-order valence-electron chi connectivity index (χ4n) is 1.28. The van der Waals surface area contributed by atoms with E-state index in [1.165, 1.54) is 25.2 Å². The molecule has 0 aliphatic rings. The fraction of sp³-hybridized carbons (Fsp3) is 0.200. The van der Waals surface area contributed by atoms with E-state index in [0.717, 1.165) is 5.69 Å². The molecule has 8 heteroatoms. The van der Waals surface area contributed by atoms with Crippen molar-refractivity contribution in [1.29, 1.82) is 0 Å². The molecule has 2 rings (SSSR count). The second-order valence-corrected chi connectivity index (χ2v) is 4.24. The molecular weight excluding hydrogens is 252 g/mol. The van der Waals surface area contributed by atoms with Crippen LogP contribution in [0.5, 0.6) is 5.75 Å². The Balaban J connectivity index is 2.34. The smallest absolute Gasteiger partial charge is 0.195 e. The van der Waals surface area contributed by atoms with Gasteiger partial charge in [0.25, 0.3) is 0 Å². The maximum Gasteiger partial charge on any atom is 0.195 e. The summed E-state index contributed by atoms with van der Waals surface area (Å²) in [5.74, 6) is 6.24. The SMILES string of the molecule is COc1c(NN)ncnc1Sc1nccc(C)n1. The summed E-state index contributed by atoms with van der Waals surface area (Å²) in [7, 11) is 1.53. The van der Waals surface area contributed by atoms with Crippen molar-refractivity contribution >= 4 is 17.6 Å². The summed E-state index contributed by atoms with van der Waals surface area (Å²) in [6.07, 6.45) is 3.09. The standard InChI is InChI=1S/C10H12N6OS/c1-6-3-4-12-10(15-6)18-9-7(17-2)8(16-11)13-5-14-9/h3-5H,11H2,1-2H3,(H,13,14,16). The molecule has 0 amide bonds. The van der Waals surface area contributed by atoms with Gasteiger partial charge >= 0.3 is 0 Å². The van der Waals surface area contributed by atoms with Crippen molar-refractivity contribution in [3.8, 4) is 5.75 Å². The Morgan fingerprint density at radius 1 is 1.33 bits per heavy atom. The third-order valence-corrected chi connectivity index (χ3v) is 2.94. The van der Waals surface area contributed by atoms with E-state index in [9.17, 15) is 0 Å². The van der Waals surface area contributed by atoms with Crippen molar-refractivity contribution in [1.82, 2.24) is 19.9 Å². The third kappa shape index (κ3) is 2.66. The first kappa shape index (κ1) is 12.5. The van der Waals surface area contributed by atoms with Crippen LogP contribution >= 0.6 is 11.8 Å². The van der Waals surface area contributed by atoms with Crippen LogP contribution < -0.4 is 16.0 Å². The first-order valence-corrected chi connectivity index (χ1v) is 5.89. The molecule has 0 bridgehead atoms. The Kier molecular flexibility index (Phi) is 3.90. The molecule has 0 atom stereocenters. The molecule has 2 heterocycles. The molecule has 0 saturated carbocycles. The highest BCUT2D eigenvalue weighted by Gasteiger charge is 2.13. The lowest BCUT2D eigenvalue weighted by Crippen LogP contribution is -2.10. The van der Waals surface area contributed by atoms with Crippen LogP contribution in [-0.2, 0) is 0 Å². The van der Waals surface area contributed by atoms with Gasteiger partial charge in [0, 0.05) is 11.9 Å². The summed E-state index contributed by atoms with van der Waals surface area (Å²) in [6.45, 7) is 1.90. The zero-order chi connectivity index (χ0) is 13.0. The van der Waals surface area contributed by atoms with Crippen molar-refractivity contribution in [3.63, 3.8) is 0 Å². The van der Waals surface area contributed by atoms with Gasteiger partial charge in [-0.25, -0.2) is 25.8 Å². The van der Waals surface area contributed by atoms with Gasteiger partial charge in [-0.3, -0.25) is 0 Å². The van der Waals surface area contributed by atoms with Gasteiger partial charge in [0.1, 0.15) is 6.33 Å². The first-order chi connectivity index (χ1) is 8.74. The largest absolute Gasteiger partial charge is 0.490 e. The average molecular weight is 264 g/mol. The molecule has 18 heavy (non-hydrogen) atoms. The van der Waals surface area contributed by atoms with E-state index in [0.29, 0.717) is 21.7 Å². The van der Waals surface area contributed by atoms with E-state index in [1.807, 2.05) is 13.0 Å². The molecule has 0 aromatic carbocycles. The number of nitrogens with zero attached hydrogens (tertiary/aromatic N) is 4. The Hall–Kier alpha value is -1.93. The van der Waals surface area contributed by atoms with E-state index in [2.05, 4.69) is 25.4 Å². The Labute approximate surface area is 108 Å². The molecule has 0 saturated heterocycles. The van der Waals surface area contributed by atoms with Crippen LogP contribution in [0.2, 0.25) is 0 Å². The molecule has 0 aliphatic heterocycles. The zero-order valence-electron chi connectivity index (χ0n) is 9.91. The number of nitrogens with two attached hydrogens (primary N) is 1. The van der Waals surface area contributed by atoms with E-state index >= 15 is 0 Å². The molecule has 2 aromatic rings. The van der Waals surface area contributed by atoms with Gasteiger partial charge in [-0.05, 0) is 24.8 Å². The zero-order valence-corrected chi connectivity index (χ0v) is 10.7. The predicted molar refractivity (Wildman–Crippen MR) is 67.3 cm³/mol. The number of ether oxygens (including phenoxy) is 1. The summed E-state index contributed by atoms with van der Waals surface area (Å²) >= 11 is 1.29. The minimum Gasteiger partial charge on any atom is -0.490 e. The molecule has 94 valence electrons. The van der Waals surface area contributed by atoms with Crippen LogP contribution in [0.3, 0.4) is 0 Å². The molecule has 0 radical (unpaired) electrons. The van der Waals surface area contributed by atoms with Crippen LogP contribution in [0.15, 0.2) is 28.8 Å². The molecule has 3 N–H and O–H groups in total. The lowest BCUT2D eigenvalue weighted by Gasteiger charge is -2.09. The third-order valence-electron chi connectivity index (χ3n) is 2.07. The van der Waals surface area contributed by atoms with Gasteiger partial charge in [-0.2, -0.15) is 0 Å². The summed E-state index contributed by atoms with van der Waals surface area (Å²) in [5.41, 5.74) is 3.34. The van der Waals surface area contributed by atoms with Crippen LogP contribution in [0, 0.1) is 6.92 Å². The van der Waals surface area contributed by atoms with Crippen molar-refractivity contribution in [2.75, 3.05) is 12.5 Å². The molecule has 2 aromatic heterocycles. The highest BCUT2D eigenvalue weighted by molar-refractivity contribution is 7.99. The summed E-state index contributed by atoms with van der Waals surface area (Å²) in [5, 5.41) is 1.20. The van der Waals surface area contributed by atoms with E-state index in [1.54, 1.807) is 6.20 Å². The van der Waals surface area contributed by atoms with Crippen molar-refractivity contribution < 1.29 is 4.74 Å². The number of hydrogen-bond donors (Lipinski definition) is 2. The maximum absolute atomic E-state index is 5.35. The second-order valence-electron chi connectivity index (χ2n) is 3.29. The van der Waals surface area contributed by atoms with Crippen LogP contribution in [0.4, 0.5) is 5.82 Å². The van der Waals surface area contributed by atoms with E-state index < -0.39 is 0 Å². The average Bonchev–Trinajstić information content (AvgIpc) is 2.38. The molecule has 0 spiro atoms. The fourth-order valence-corrected chi connectivity index (χ4v) is 2.13. The number of nitrogen functional groups attached to an aromatic ring is 1. The predicted octanol–water partition coefficient (Wildman–Crippen LogP) is 1.02. The minimum absolute atomic E-state index is 0.419. The topological polar surface area (TPSA) is 98.8 Å². The summed E-state index contributed by atoms with van der Waals surface area (Å²) in [4.78, 5) is 16.5. The first-order valence-electron chi connectivity index (χ1n) is 5.07. The number of nitrogens with one attached hydrogen (secondary N) is 1. The molecule has 0 aliphatic carbocycles. The highest BCUT2D eigenvalue weighted by atomic mass is 32.2. The van der Waals surface area contributed by atoms with Gasteiger partial charge in [-0.15, -0.1) is 0 Å². The molecule has 7 nitrogen and oxygen atoms in total. The number of methoxy groups -OCH3 is 1. The summed E-state index contributed by atoms with van der Waals surface area (Å²) in [6, 6.07) is 1.83. The van der Waals surface area contributed by atoms with Gasteiger partial charge in [-0.1, -0.05) is 0 Å². The number of aryl methyl sites for hydroxylation is 1. The molecule has 0 fully saturated rings. The van der Waals surface area contributed by atoms with Crippen molar-refractivity contribution in [2.45, 2.75) is 17.1 Å². The maximum atomic E-state index is 5.35. The van der Waals surface area contributed by atoms with Gasteiger partial charge < -0.3 is 10.2 Å². The normalized spacial score (nSPS) is 10.2. The van der Waals surface area contributed by atoms with Crippen LogP contribution in [-0.4, -0.2) is 27.0 Å². The van der Waals surface area contributed by atoms with Crippen LogP contribution in [0.25, 0.3) is 0 Å². The Morgan fingerprint density at radius 3 is 2.83 bits per heavy atom. The van der Waals surface area contributed by atoms with Gasteiger partial charge in [0.05, 0.1) is 7.11 Å². The van der Waals surface area contributed by atoms with Crippen LogP contribution in [0.1, 0.15) is 5.69 Å². The number of aromatic nitrogens is 4. The second kappa shape index (κ2) is 5.61. The van der Waals surface area contributed by atoms with E-state index in [-0.39, 0.29) is 0 Å². The lowest BCUT2D eigenvalue weighted by molar-refractivity contribution is 0.400. The van der Waals surface area contributed by atoms with Crippen molar-refractivity contribution in [2.24, 2.45) is 5.84 Å². The Bertz CT molecular complexity index is 550.